The quantitative estimate of drug-likeness (QED) is 0.533. The van der Waals surface area contributed by atoms with Crippen LogP contribution in [0.25, 0.3) is 17.1 Å². The predicted molar refractivity (Wildman–Crippen MR) is 115 cm³/mol. The maximum absolute atomic E-state index is 12.9. The van der Waals surface area contributed by atoms with Crippen LogP contribution in [0.3, 0.4) is 0 Å². The van der Waals surface area contributed by atoms with Gasteiger partial charge in [0, 0.05) is 11.3 Å². The van der Waals surface area contributed by atoms with Gasteiger partial charge in [-0.15, -0.1) is 5.10 Å². The summed E-state index contributed by atoms with van der Waals surface area (Å²) >= 11 is 0. The zero-order chi connectivity index (χ0) is 20.4. The van der Waals surface area contributed by atoms with Gasteiger partial charge >= 0.3 is 0 Å². The fourth-order valence-electron chi connectivity index (χ4n) is 3.19. The van der Waals surface area contributed by atoms with Crippen LogP contribution in [0.4, 0.5) is 5.69 Å². The number of carbonyl (C=O) groups is 1. The first kappa shape index (κ1) is 18.6. The van der Waals surface area contributed by atoms with E-state index in [1.54, 1.807) is 4.68 Å². The van der Waals surface area contributed by atoms with Gasteiger partial charge in [-0.1, -0.05) is 60.7 Å². The van der Waals surface area contributed by atoms with Gasteiger partial charge in [0.2, 0.25) is 5.82 Å². The smallest absolute Gasteiger partial charge is 0.295 e. The van der Waals surface area contributed by atoms with Crippen molar-refractivity contribution in [2.75, 3.05) is 5.32 Å². The molecule has 1 N–H and O–H groups in total. The molecule has 0 saturated carbocycles. The highest BCUT2D eigenvalue weighted by molar-refractivity contribution is 6.02. The number of aromatic nitrogens is 3. The minimum Gasteiger partial charge on any atom is -0.319 e. The number of nitrogens with zero attached hydrogens (tertiary/aromatic N) is 3. The molecule has 0 aliphatic carbocycles. The van der Waals surface area contributed by atoms with Gasteiger partial charge < -0.3 is 5.32 Å². The summed E-state index contributed by atoms with van der Waals surface area (Å²) < 4.78 is 1.75. The highest BCUT2D eigenvalue weighted by Gasteiger charge is 2.20. The number of hydrogen-bond acceptors (Lipinski definition) is 3. The van der Waals surface area contributed by atoms with Crippen molar-refractivity contribution in [2.24, 2.45) is 0 Å². The third-order valence-electron chi connectivity index (χ3n) is 4.83. The first-order valence-corrected chi connectivity index (χ1v) is 9.50. The van der Waals surface area contributed by atoms with Crippen LogP contribution in [-0.2, 0) is 0 Å². The van der Waals surface area contributed by atoms with E-state index in [2.05, 4.69) is 27.5 Å². The third kappa shape index (κ3) is 3.80. The van der Waals surface area contributed by atoms with E-state index in [4.69, 9.17) is 0 Å². The summed E-state index contributed by atoms with van der Waals surface area (Å²) in [6.45, 7) is 6.01. The minimum atomic E-state index is -0.333. The SMILES string of the molecule is Cc1ccc(C)c(-n2nc(C(=O)Nc3ccccc3C)nc2-c2ccccc2)c1. The topological polar surface area (TPSA) is 59.8 Å². The molecule has 4 rings (SSSR count). The van der Waals surface area contributed by atoms with Gasteiger partial charge in [-0.2, -0.15) is 0 Å². The lowest BCUT2D eigenvalue weighted by Crippen LogP contribution is -2.15. The number of anilines is 1. The summed E-state index contributed by atoms with van der Waals surface area (Å²) in [5.74, 6) is 0.433. The minimum absolute atomic E-state index is 0.132. The Kier molecular flexibility index (Phi) is 4.96. The van der Waals surface area contributed by atoms with Crippen LogP contribution in [0.15, 0.2) is 72.8 Å². The van der Waals surface area contributed by atoms with Crippen LogP contribution in [-0.4, -0.2) is 20.7 Å². The first-order valence-electron chi connectivity index (χ1n) is 9.50. The second-order valence-corrected chi connectivity index (χ2v) is 7.10. The Bertz CT molecular complexity index is 1180. The zero-order valence-electron chi connectivity index (χ0n) is 16.7. The molecular weight excluding hydrogens is 360 g/mol. The van der Waals surface area contributed by atoms with E-state index in [-0.39, 0.29) is 11.7 Å². The van der Waals surface area contributed by atoms with E-state index in [0.717, 1.165) is 33.6 Å². The number of benzene rings is 3. The van der Waals surface area contributed by atoms with Crippen molar-refractivity contribution in [1.82, 2.24) is 14.8 Å². The van der Waals surface area contributed by atoms with Gasteiger partial charge in [-0.05, 0) is 49.6 Å². The number of hydrogen-bond donors (Lipinski definition) is 1. The van der Waals surface area contributed by atoms with Crippen LogP contribution >= 0.6 is 0 Å². The van der Waals surface area contributed by atoms with Crippen LogP contribution in [0.5, 0.6) is 0 Å². The van der Waals surface area contributed by atoms with Crippen LogP contribution in [0, 0.1) is 20.8 Å². The summed E-state index contributed by atoms with van der Waals surface area (Å²) in [6.07, 6.45) is 0. The van der Waals surface area contributed by atoms with E-state index in [0.29, 0.717) is 5.82 Å². The molecule has 0 saturated heterocycles. The Hall–Kier alpha value is -3.73. The van der Waals surface area contributed by atoms with Crippen molar-refractivity contribution >= 4 is 11.6 Å². The first-order chi connectivity index (χ1) is 14.0. The number of para-hydroxylation sites is 1. The summed E-state index contributed by atoms with van der Waals surface area (Å²) in [5, 5.41) is 7.50. The molecule has 0 aliphatic rings. The highest BCUT2D eigenvalue weighted by Crippen LogP contribution is 2.24. The molecule has 0 fully saturated rings. The molecule has 3 aromatic carbocycles. The zero-order valence-corrected chi connectivity index (χ0v) is 16.7. The second-order valence-electron chi connectivity index (χ2n) is 7.10. The molecule has 29 heavy (non-hydrogen) atoms. The monoisotopic (exact) mass is 382 g/mol. The second kappa shape index (κ2) is 7.72. The highest BCUT2D eigenvalue weighted by atomic mass is 16.2. The van der Waals surface area contributed by atoms with Crippen molar-refractivity contribution in [1.29, 1.82) is 0 Å². The number of rotatable bonds is 4. The number of amides is 1. The van der Waals surface area contributed by atoms with Gasteiger partial charge in [-0.25, -0.2) is 9.67 Å². The number of carbonyl (C=O) groups excluding carboxylic acids is 1. The fourth-order valence-corrected chi connectivity index (χ4v) is 3.19. The van der Waals surface area contributed by atoms with Crippen LogP contribution < -0.4 is 5.32 Å². The van der Waals surface area contributed by atoms with E-state index in [9.17, 15) is 4.79 Å². The Labute approximate surface area is 170 Å². The maximum Gasteiger partial charge on any atom is 0.295 e. The van der Waals surface area contributed by atoms with E-state index < -0.39 is 0 Å². The molecule has 5 nitrogen and oxygen atoms in total. The van der Waals surface area contributed by atoms with Gasteiger partial charge in [0.15, 0.2) is 5.82 Å². The molecule has 0 radical (unpaired) electrons. The lowest BCUT2D eigenvalue weighted by atomic mass is 10.1. The van der Waals surface area contributed by atoms with E-state index >= 15 is 0 Å². The summed E-state index contributed by atoms with van der Waals surface area (Å²) in [4.78, 5) is 17.5. The predicted octanol–water partition coefficient (Wildman–Crippen LogP) is 5.11. The molecule has 0 unspecified atom stereocenters. The molecule has 0 atom stereocenters. The van der Waals surface area contributed by atoms with Crippen LogP contribution in [0.1, 0.15) is 27.3 Å². The molecule has 144 valence electrons. The van der Waals surface area contributed by atoms with Gasteiger partial charge in [0.25, 0.3) is 5.91 Å². The molecule has 0 bridgehead atoms. The molecule has 5 heteroatoms. The fraction of sp³-hybridized carbons (Fsp3) is 0.125. The standard InChI is InChI=1S/C24H22N4O/c1-16-13-14-18(3)21(15-16)28-23(19-10-5-4-6-11-19)26-22(27-28)24(29)25-20-12-8-7-9-17(20)2/h4-15H,1-3H3,(H,25,29). The average molecular weight is 382 g/mol. The van der Waals surface area contributed by atoms with Gasteiger partial charge in [-0.3, -0.25) is 4.79 Å². The molecule has 1 heterocycles. The third-order valence-corrected chi connectivity index (χ3v) is 4.83. The Morgan fingerprint density at radius 3 is 2.34 bits per heavy atom. The summed E-state index contributed by atoms with van der Waals surface area (Å²) in [7, 11) is 0. The van der Waals surface area contributed by atoms with Crippen molar-refractivity contribution in [3.05, 3.63) is 95.3 Å². The van der Waals surface area contributed by atoms with Crippen molar-refractivity contribution in [3.8, 4) is 17.1 Å². The number of nitrogens with one attached hydrogen (secondary N) is 1. The average Bonchev–Trinajstić information content (AvgIpc) is 3.17. The molecule has 4 aromatic rings. The summed E-state index contributed by atoms with van der Waals surface area (Å²) in [5.41, 5.74) is 5.72. The maximum atomic E-state index is 12.9. The molecule has 1 amide bonds. The molecule has 0 aliphatic heterocycles. The van der Waals surface area contributed by atoms with E-state index in [1.165, 1.54) is 0 Å². The Morgan fingerprint density at radius 2 is 1.59 bits per heavy atom. The normalized spacial score (nSPS) is 10.7. The van der Waals surface area contributed by atoms with Crippen molar-refractivity contribution in [3.63, 3.8) is 0 Å². The van der Waals surface area contributed by atoms with Crippen molar-refractivity contribution in [2.45, 2.75) is 20.8 Å². The summed E-state index contributed by atoms with van der Waals surface area (Å²) in [6, 6.07) is 23.6. The van der Waals surface area contributed by atoms with Crippen LogP contribution in [0.2, 0.25) is 0 Å². The van der Waals surface area contributed by atoms with E-state index in [1.807, 2.05) is 81.4 Å². The Morgan fingerprint density at radius 1 is 0.862 bits per heavy atom. The lowest BCUT2D eigenvalue weighted by molar-refractivity contribution is 0.101. The van der Waals surface area contributed by atoms with Gasteiger partial charge in [0.05, 0.1) is 5.69 Å². The molecule has 0 spiro atoms. The molecule has 1 aromatic heterocycles. The van der Waals surface area contributed by atoms with Crippen molar-refractivity contribution < 1.29 is 4.79 Å². The van der Waals surface area contributed by atoms with Gasteiger partial charge in [0.1, 0.15) is 0 Å². The largest absolute Gasteiger partial charge is 0.319 e. The Balaban J connectivity index is 1.81. The number of aryl methyl sites for hydroxylation is 3. The molecular formula is C24H22N4O. The lowest BCUT2D eigenvalue weighted by Gasteiger charge is -2.10.